The van der Waals surface area contributed by atoms with Gasteiger partial charge in [0, 0.05) is 18.2 Å². The van der Waals surface area contributed by atoms with E-state index in [9.17, 15) is 19.7 Å². The highest BCUT2D eigenvalue weighted by Crippen LogP contribution is 2.18. The number of rotatable bonds is 4. The molecule has 0 spiro atoms. The molecule has 0 saturated heterocycles. The molecule has 0 unspecified atom stereocenters. The highest BCUT2D eigenvalue weighted by Gasteiger charge is 2.16. The lowest BCUT2D eigenvalue weighted by atomic mass is 9.97. The zero-order chi connectivity index (χ0) is 18.5. The molecule has 1 amide bonds. The lowest BCUT2D eigenvalue weighted by Crippen LogP contribution is -2.39. The summed E-state index contributed by atoms with van der Waals surface area (Å²) in [6.45, 7) is -0.102. The first-order chi connectivity index (χ1) is 12.5. The number of nitro benzene ring substituents is 1. The van der Waals surface area contributed by atoms with Crippen LogP contribution in [0.3, 0.4) is 0 Å². The molecule has 1 aliphatic rings. The Morgan fingerprint density at radius 2 is 1.92 bits per heavy atom. The summed E-state index contributed by atoms with van der Waals surface area (Å²) < 4.78 is 1.24. The summed E-state index contributed by atoms with van der Waals surface area (Å²) >= 11 is 0. The minimum atomic E-state index is -0.533. The molecule has 0 bridgehead atoms. The number of carbonyl (C=O) groups excluding carboxylic acids is 1. The molecule has 1 aliphatic carbocycles. The molecule has 1 N–H and O–H groups in total. The van der Waals surface area contributed by atoms with Crippen LogP contribution < -0.4 is 10.9 Å². The van der Waals surface area contributed by atoms with Crippen molar-refractivity contribution in [2.45, 2.75) is 57.5 Å². The van der Waals surface area contributed by atoms with Gasteiger partial charge in [-0.1, -0.05) is 32.1 Å². The maximum absolute atomic E-state index is 12.5. The van der Waals surface area contributed by atoms with Crippen LogP contribution in [0, 0.1) is 10.1 Å². The molecule has 1 saturated carbocycles. The highest BCUT2D eigenvalue weighted by molar-refractivity contribution is 5.80. The minimum Gasteiger partial charge on any atom is -0.352 e. The van der Waals surface area contributed by atoms with Crippen LogP contribution in [0.1, 0.15) is 44.9 Å². The molecular weight excluding hydrogens is 336 g/mol. The van der Waals surface area contributed by atoms with Crippen LogP contribution in [0.5, 0.6) is 0 Å². The molecule has 138 valence electrons. The van der Waals surface area contributed by atoms with Crippen LogP contribution in [0.25, 0.3) is 10.9 Å². The van der Waals surface area contributed by atoms with E-state index in [-0.39, 0.29) is 40.6 Å². The molecule has 1 aromatic heterocycles. The second-order valence-corrected chi connectivity index (χ2v) is 6.75. The second-order valence-electron chi connectivity index (χ2n) is 6.75. The molecule has 8 heteroatoms. The quantitative estimate of drug-likeness (QED) is 0.667. The molecule has 8 nitrogen and oxygen atoms in total. The first-order valence-corrected chi connectivity index (χ1v) is 8.97. The van der Waals surface area contributed by atoms with Crippen LogP contribution in [0.4, 0.5) is 5.69 Å². The van der Waals surface area contributed by atoms with Crippen molar-refractivity contribution in [3.05, 3.63) is 45.0 Å². The third-order valence-electron chi connectivity index (χ3n) is 4.80. The molecule has 26 heavy (non-hydrogen) atoms. The SMILES string of the molecule is O=C(Cn1cnc2cc([N+](=O)[O-])ccc2c1=O)NC1CCCCCCC1. The Bertz CT molecular complexity index is 869. The third-order valence-corrected chi connectivity index (χ3v) is 4.80. The van der Waals surface area contributed by atoms with Gasteiger partial charge >= 0.3 is 0 Å². The van der Waals surface area contributed by atoms with Crippen molar-refractivity contribution < 1.29 is 9.72 Å². The van der Waals surface area contributed by atoms with Gasteiger partial charge in [0.25, 0.3) is 11.2 Å². The Hall–Kier alpha value is -2.77. The van der Waals surface area contributed by atoms with Crippen LogP contribution >= 0.6 is 0 Å². The lowest BCUT2D eigenvalue weighted by molar-refractivity contribution is -0.384. The lowest BCUT2D eigenvalue weighted by Gasteiger charge is -2.21. The summed E-state index contributed by atoms with van der Waals surface area (Å²) in [6.07, 6.45) is 9.10. The maximum Gasteiger partial charge on any atom is 0.271 e. The number of nitrogens with zero attached hydrogens (tertiary/aromatic N) is 3. The summed E-state index contributed by atoms with van der Waals surface area (Å²) in [5, 5.41) is 14.1. The van der Waals surface area contributed by atoms with E-state index in [1.54, 1.807) is 0 Å². The van der Waals surface area contributed by atoms with Crippen molar-refractivity contribution in [2.24, 2.45) is 0 Å². The van der Waals surface area contributed by atoms with Crippen molar-refractivity contribution in [1.82, 2.24) is 14.9 Å². The van der Waals surface area contributed by atoms with Gasteiger partial charge in [0.05, 0.1) is 22.2 Å². The molecule has 3 rings (SSSR count). The molecule has 1 aromatic carbocycles. The van der Waals surface area contributed by atoms with E-state index >= 15 is 0 Å². The first kappa shape index (κ1) is 18.0. The number of benzene rings is 1. The van der Waals surface area contributed by atoms with Gasteiger partial charge < -0.3 is 5.32 Å². The van der Waals surface area contributed by atoms with E-state index in [1.807, 2.05) is 0 Å². The smallest absolute Gasteiger partial charge is 0.271 e. The van der Waals surface area contributed by atoms with Gasteiger partial charge in [0.2, 0.25) is 5.91 Å². The van der Waals surface area contributed by atoms with Crippen LogP contribution in [0.15, 0.2) is 29.3 Å². The second kappa shape index (κ2) is 8.07. The molecule has 0 atom stereocenters. The zero-order valence-electron chi connectivity index (χ0n) is 14.5. The number of hydrogen-bond acceptors (Lipinski definition) is 5. The highest BCUT2D eigenvalue weighted by atomic mass is 16.6. The van der Waals surface area contributed by atoms with Crippen molar-refractivity contribution in [2.75, 3.05) is 0 Å². The predicted molar refractivity (Wildman–Crippen MR) is 96.9 cm³/mol. The first-order valence-electron chi connectivity index (χ1n) is 8.97. The average Bonchev–Trinajstić information content (AvgIpc) is 2.59. The van der Waals surface area contributed by atoms with Crippen molar-refractivity contribution >= 4 is 22.5 Å². The fraction of sp³-hybridized carbons (Fsp3) is 0.500. The topological polar surface area (TPSA) is 107 Å². The fourth-order valence-corrected chi connectivity index (χ4v) is 3.40. The number of non-ortho nitro benzene ring substituents is 1. The Kier molecular flexibility index (Phi) is 5.60. The van der Waals surface area contributed by atoms with Gasteiger partial charge in [-0.25, -0.2) is 4.98 Å². The maximum atomic E-state index is 12.5. The monoisotopic (exact) mass is 358 g/mol. The normalized spacial score (nSPS) is 16.0. The van der Waals surface area contributed by atoms with Crippen LogP contribution in [-0.2, 0) is 11.3 Å². The number of fused-ring (bicyclic) bond motifs is 1. The number of nitrogens with one attached hydrogen (secondary N) is 1. The van der Waals surface area contributed by atoms with Gasteiger partial charge in [0.15, 0.2) is 0 Å². The van der Waals surface area contributed by atoms with E-state index < -0.39 is 4.92 Å². The van der Waals surface area contributed by atoms with Gasteiger partial charge in [-0.2, -0.15) is 0 Å². The molecule has 0 aliphatic heterocycles. The van der Waals surface area contributed by atoms with Gasteiger partial charge in [-0.3, -0.25) is 24.3 Å². The molecule has 1 heterocycles. The number of aromatic nitrogens is 2. The molecule has 0 radical (unpaired) electrons. The van der Waals surface area contributed by atoms with Crippen LogP contribution in [0.2, 0.25) is 0 Å². The zero-order valence-corrected chi connectivity index (χ0v) is 14.5. The molecule has 2 aromatic rings. The number of nitro groups is 1. The van der Waals surface area contributed by atoms with Gasteiger partial charge in [-0.05, 0) is 18.9 Å². The van der Waals surface area contributed by atoms with E-state index in [1.165, 1.54) is 48.4 Å². The van der Waals surface area contributed by atoms with Gasteiger partial charge in [0.1, 0.15) is 6.54 Å². The largest absolute Gasteiger partial charge is 0.352 e. The fourth-order valence-electron chi connectivity index (χ4n) is 3.40. The average molecular weight is 358 g/mol. The van der Waals surface area contributed by atoms with Gasteiger partial charge in [-0.15, -0.1) is 0 Å². The van der Waals surface area contributed by atoms with E-state index in [2.05, 4.69) is 10.3 Å². The summed E-state index contributed by atoms with van der Waals surface area (Å²) in [5.74, 6) is -0.208. The summed E-state index contributed by atoms with van der Waals surface area (Å²) in [4.78, 5) is 39.2. The third kappa shape index (κ3) is 4.25. The Morgan fingerprint density at radius 1 is 1.23 bits per heavy atom. The summed E-state index contributed by atoms with van der Waals surface area (Å²) in [5.41, 5.74) is -0.247. The summed E-state index contributed by atoms with van der Waals surface area (Å²) in [7, 11) is 0. The van der Waals surface area contributed by atoms with E-state index in [0.717, 1.165) is 25.7 Å². The Morgan fingerprint density at radius 3 is 2.62 bits per heavy atom. The number of carbonyl (C=O) groups is 1. The van der Waals surface area contributed by atoms with Crippen LogP contribution in [-0.4, -0.2) is 26.4 Å². The molecular formula is C18H22N4O4. The molecule has 1 fully saturated rings. The number of amides is 1. The standard InChI is InChI=1S/C18H22N4O4/c23-17(20-13-6-4-2-1-3-5-7-13)11-21-12-19-16-10-14(22(25)26)8-9-15(16)18(21)24/h8-10,12-13H,1-7,11H2,(H,20,23). The van der Waals surface area contributed by atoms with Crippen molar-refractivity contribution in [1.29, 1.82) is 0 Å². The minimum absolute atomic E-state index is 0.102. The summed E-state index contributed by atoms with van der Waals surface area (Å²) in [6, 6.07) is 4.07. The van der Waals surface area contributed by atoms with E-state index in [4.69, 9.17) is 0 Å². The van der Waals surface area contributed by atoms with E-state index in [0.29, 0.717) is 0 Å². The Labute approximate surface area is 150 Å². The number of hydrogen-bond donors (Lipinski definition) is 1. The predicted octanol–water partition coefficient (Wildman–Crippen LogP) is 2.53. The van der Waals surface area contributed by atoms with Crippen molar-refractivity contribution in [3.63, 3.8) is 0 Å². The Balaban J connectivity index is 1.72. The van der Waals surface area contributed by atoms with Crippen molar-refractivity contribution in [3.8, 4) is 0 Å².